The van der Waals surface area contributed by atoms with Crippen molar-refractivity contribution in [1.82, 2.24) is 4.90 Å². The van der Waals surface area contributed by atoms with Crippen molar-refractivity contribution in [3.8, 4) is 5.75 Å². The van der Waals surface area contributed by atoms with Crippen molar-refractivity contribution in [2.45, 2.75) is 173 Å². The lowest BCUT2D eigenvalue weighted by Crippen LogP contribution is -2.61. The highest BCUT2D eigenvalue weighted by Crippen LogP contribution is 2.40. The summed E-state index contributed by atoms with van der Waals surface area (Å²) in [6.45, 7) is 13.2. The van der Waals surface area contributed by atoms with Gasteiger partial charge in [-0.05, 0) is 77.5 Å². The molecule has 0 spiro atoms. The summed E-state index contributed by atoms with van der Waals surface area (Å²) in [6.07, 6.45) is 4.56. The number of carbonyl (C=O) groups is 3. The Morgan fingerprint density at radius 3 is 1.76 bits per heavy atom. The number of hydrogen-bond acceptors (Lipinski definition) is 11. The largest absolute Gasteiger partial charge is 0.497 e. The van der Waals surface area contributed by atoms with Crippen molar-refractivity contribution in [3.63, 3.8) is 0 Å². The number of methoxy groups -OCH3 is 1. The number of nitrogens with zero attached hydrogens (tertiary/aromatic N) is 1. The molecule has 0 aliphatic carbocycles. The van der Waals surface area contributed by atoms with Crippen molar-refractivity contribution >= 4 is 25.9 Å². The molecular weight excluding hydrogens is 999 g/mol. The van der Waals surface area contributed by atoms with Crippen LogP contribution < -0.4 is 4.74 Å². The first-order chi connectivity index (χ1) is 37.7. The molecule has 0 aromatic heterocycles. The molecule has 12 nitrogen and oxygen atoms in total. The number of ether oxygens (including phenoxy) is 6. The highest BCUT2D eigenvalue weighted by atomic mass is 28.4. The van der Waals surface area contributed by atoms with Gasteiger partial charge in [-0.15, -0.1) is 0 Å². The Labute approximate surface area is 465 Å². The number of fused-ring (bicyclic) bond motifs is 1. The first kappa shape index (κ1) is 60.3. The number of Topliss-reactive ketones (excluding diaryl/α,β-unsaturated/α-hetero) is 1. The summed E-state index contributed by atoms with van der Waals surface area (Å²) in [7, 11) is -0.823. The van der Waals surface area contributed by atoms with Gasteiger partial charge in [0.05, 0.1) is 88.3 Å². The Morgan fingerprint density at radius 1 is 0.667 bits per heavy atom. The zero-order valence-electron chi connectivity index (χ0n) is 47.0. The van der Waals surface area contributed by atoms with Gasteiger partial charge in [0.1, 0.15) is 17.6 Å². The van der Waals surface area contributed by atoms with E-state index in [0.717, 1.165) is 86.0 Å². The standard InChI is InChI=1S/C65H85NO11Si/c1-65(2,3)78(5,6)77-59(47-73-43-48-26-16-13-17-27-48)62(76-45-50-30-20-15-21-31-50)57(68)41-53(67)40-52-46-74-58(34-22-11-9-7-8-10-12-25-39-72-42-51-35-37-54(71-4)38-36-51)60(61(52)75-44-49-28-18-14-19-29-49)66-63(69)55-32-23-24-33-56(55)64(66)70/h13-21,23-24,26-33,35-38,52,57-62,68H,7-12,22,25,34,39-47H2,1-6H3/t52-,57?,58+,59-,60+,61+,62-/m1/s1. The SMILES string of the molecule is COc1ccc(COCCCCCCCCCC[C@@H]2OC[C@@H](CC(=O)CC(O)[C@@H](OCc3ccccc3)[C@@H](COCc3ccccc3)O[Si](C)(C)C(C)(C)C)[C@H](OCc3ccccc3)[C@H]2N2C(=O)c3ccccc3C2=O)cc1. The number of ketones is 1. The predicted octanol–water partition coefficient (Wildman–Crippen LogP) is 12.9. The van der Waals surface area contributed by atoms with Crippen LogP contribution in [0.3, 0.4) is 0 Å². The molecular formula is C65H85NO11Si. The maximum atomic E-state index is 14.7. The predicted molar refractivity (Wildman–Crippen MR) is 307 cm³/mol. The summed E-state index contributed by atoms with van der Waals surface area (Å²) in [5.74, 6) is -0.723. The Balaban J connectivity index is 1.04. The van der Waals surface area contributed by atoms with Crippen LogP contribution in [0.25, 0.3) is 0 Å². The van der Waals surface area contributed by atoms with Crippen molar-refractivity contribution in [2.75, 3.05) is 26.9 Å². The van der Waals surface area contributed by atoms with E-state index in [1.807, 2.05) is 115 Å². The summed E-state index contributed by atoms with van der Waals surface area (Å²) in [6, 6.07) is 43.5. The first-order valence-electron chi connectivity index (χ1n) is 28.3. The summed E-state index contributed by atoms with van der Waals surface area (Å²) in [5, 5.41) is 12.2. The minimum Gasteiger partial charge on any atom is -0.497 e. The van der Waals surface area contributed by atoms with Crippen molar-refractivity contribution in [3.05, 3.63) is 173 Å². The van der Waals surface area contributed by atoms with Crippen LogP contribution in [0.2, 0.25) is 18.1 Å². The molecule has 420 valence electrons. The minimum atomic E-state index is -2.49. The van der Waals surface area contributed by atoms with Crippen LogP contribution in [-0.4, -0.2) is 99.4 Å². The highest BCUT2D eigenvalue weighted by molar-refractivity contribution is 6.74. The van der Waals surface area contributed by atoms with Gasteiger partial charge in [0.2, 0.25) is 0 Å². The molecule has 1 unspecified atom stereocenters. The van der Waals surface area contributed by atoms with E-state index in [-0.39, 0.29) is 50.1 Å². The third-order valence-corrected chi connectivity index (χ3v) is 20.2. The van der Waals surface area contributed by atoms with Gasteiger partial charge in [0.25, 0.3) is 11.8 Å². The van der Waals surface area contributed by atoms with Crippen LogP contribution in [-0.2, 0) is 59.3 Å². The van der Waals surface area contributed by atoms with Gasteiger partial charge in [-0.3, -0.25) is 19.3 Å². The van der Waals surface area contributed by atoms with Crippen LogP contribution >= 0.6 is 0 Å². The van der Waals surface area contributed by atoms with Gasteiger partial charge >= 0.3 is 0 Å². The summed E-state index contributed by atoms with van der Waals surface area (Å²) < 4.78 is 44.9. The number of carbonyl (C=O) groups excluding carboxylic acids is 3. The Morgan fingerprint density at radius 2 is 1.18 bits per heavy atom. The van der Waals surface area contributed by atoms with E-state index in [4.69, 9.17) is 32.8 Å². The van der Waals surface area contributed by atoms with Gasteiger partial charge in [0.15, 0.2) is 8.32 Å². The average molecular weight is 1080 g/mol. The molecule has 0 bridgehead atoms. The lowest BCUT2D eigenvalue weighted by Gasteiger charge is -2.46. The lowest BCUT2D eigenvalue weighted by atomic mass is 9.83. The van der Waals surface area contributed by atoms with Gasteiger partial charge in [-0.2, -0.15) is 0 Å². The molecule has 5 aromatic rings. The second-order valence-electron chi connectivity index (χ2n) is 22.6. The molecule has 13 heteroatoms. The van der Waals surface area contributed by atoms with Crippen LogP contribution in [0, 0.1) is 5.92 Å². The number of aliphatic hydroxyl groups is 1. The van der Waals surface area contributed by atoms with Gasteiger partial charge in [-0.1, -0.05) is 181 Å². The van der Waals surface area contributed by atoms with Crippen molar-refractivity contribution < 1.29 is 52.3 Å². The molecule has 1 saturated heterocycles. The molecule has 0 radical (unpaired) electrons. The maximum absolute atomic E-state index is 14.7. The van der Waals surface area contributed by atoms with E-state index in [1.54, 1.807) is 31.4 Å². The van der Waals surface area contributed by atoms with Crippen LogP contribution in [0.4, 0.5) is 0 Å². The second-order valence-corrected chi connectivity index (χ2v) is 27.4. The average Bonchev–Trinajstić information content (AvgIpc) is 3.76. The Hall–Kier alpha value is -5.35. The van der Waals surface area contributed by atoms with E-state index in [9.17, 15) is 19.5 Å². The molecule has 7 atom stereocenters. The Bertz CT molecular complexity index is 2540. The number of rotatable bonds is 33. The van der Waals surface area contributed by atoms with E-state index in [2.05, 4.69) is 33.9 Å². The van der Waals surface area contributed by atoms with E-state index in [0.29, 0.717) is 30.8 Å². The number of unbranched alkanes of at least 4 members (excludes halogenated alkanes) is 7. The first-order valence-corrected chi connectivity index (χ1v) is 31.2. The number of imide groups is 1. The summed E-state index contributed by atoms with van der Waals surface area (Å²) in [5.41, 5.74) is 4.66. The fraction of sp³-hybridized carbons (Fsp3) is 0.492. The second kappa shape index (κ2) is 30.3. The normalized spacial score (nSPS) is 18.9. The molecule has 1 N–H and O–H groups in total. The fourth-order valence-corrected chi connectivity index (χ4v) is 11.6. The van der Waals surface area contributed by atoms with Crippen LogP contribution in [0.15, 0.2) is 140 Å². The van der Waals surface area contributed by atoms with Gasteiger partial charge in [0, 0.05) is 25.4 Å². The zero-order chi connectivity index (χ0) is 55.3. The molecule has 2 heterocycles. The Kier molecular flexibility index (Phi) is 23.4. The molecule has 0 saturated carbocycles. The lowest BCUT2D eigenvalue weighted by molar-refractivity contribution is -0.161. The summed E-state index contributed by atoms with van der Waals surface area (Å²) in [4.78, 5) is 45.0. The number of amides is 2. The van der Waals surface area contributed by atoms with Crippen molar-refractivity contribution in [1.29, 1.82) is 0 Å². The molecule has 5 aromatic carbocycles. The highest BCUT2D eigenvalue weighted by Gasteiger charge is 2.52. The molecule has 7 rings (SSSR count). The van der Waals surface area contributed by atoms with E-state index >= 15 is 0 Å². The molecule has 78 heavy (non-hydrogen) atoms. The summed E-state index contributed by atoms with van der Waals surface area (Å²) >= 11 is 0. The van der Waals surface area contributed by atoms with Gasteiger partial charge in [-0.25, -0.2) is 0 Å². The van der Waals surface area contributed by atoms with Crippen LogP contribution in [0.5, 0.6) is 5.75 Å². The van der Waals surface area contributed by atoms with Gasteiger partial charge < -0.3 is 38.0 Å². The number of aliphatic hydroxyl groups excluding tert-OH is 1. The van der Waals surface area contributed by atoms with Crippen LogP contribution in [0.1, 0.15) is 134 Å². The zero-order valence-corrected chi connectivity index (χ0v) is 48.0. The van der Waals surface area contributed by atoms with Crippen molar-refractivity contribution in [2.24, 2.45) is 5.92 Å². The number of hydrogen-bond donors (Lipinski definition) is 1. The molecule has 2 amide bonds. The third-order valence-electron chi connectivity index (χ3n) is 15.7. The fourth-order valence-electron chi connectivity index (χ4n) is 10.3. The topological polar surface area (TPSA) is 139 Å². The van der Waals surface area contributed by atoms with E-state index in [1.165, 1.54) is 4.90 Å². The molecule has 1 fully saturated rings. The molecule has 2 aliphatic rings. The maximum Gasteiger partial charge on any atom is 0.261 e. The minimum absolute atomic E-state index is 0.0264. The number of benzene rings is 5. The molecule has 2 aliphatic heterocycles. The monoisotopic (exact) mass is 1080 g/mol. The van der Waals surface area contributed by atoms with E-state index < -0.39 is 62.6 Å². The third kappa shape index (κ3) is 17.6. The smallest absolute Gasteiger partial charge is 0.261 e. The quantitative estimate of drug-likeness (QED) is 0.0244.